The molecule has 1 rings (SSSR count). The third-order valence-electron chi connectivity index (χ3n) is 1.80. The van der Waals surface area contributed by atoms with Crippen LogP contribution in [-0.4, -0.2) is 6.61 Å². The van der Waals surface area contributed by atoms with Gasteiger partial charge in [0.2, 0.25) is 0 Å². The van der Waals surface area contributed by atoms with Crippen LogP contribution in [0.15, 0.2) is 18.2 Å². The van der Waals surface area contributed by atoms with Crippen molar-refractivity contribution in [3.63, 3.8) is 0 Å². The van der Waals surface area contributed by atoms with Gasteiger partial charge in [0.1, 0.15) is 5.82 Å². The molecule has 0 atom stereocenters. The summed E-state index contributed by atoms with van der Waals surface area (Å²) >= 11 is 5.63. The molecule has 0 radical (unpaired) electrons. The number of benzene rings is 1. The van der Waals surface area contributed by atoms with Gasteiger partial charge in [0.05, 0.1) is 6.61 Å². The lowest BCUT2D eigenvalue weighted by molar-refractivity contribution is 0.0191. The predicted octanol–water partition coefficient (Wildman–Crippen LogP) is 3.16. The fourth-order valence-corrected chi connectivity index (χ4v) is 1.18. The van der Waals surface area contributed by atoms with Crippen LogP contribution in [0, 0.1) is 11.7 Å². The highest BCUT2D eigenvalue weighted by atomic mass is 35.5. The molecule has 0 spiro atoms. The Morgan fingerprint density at radius 1 is 1.47 bits per heavy atom. The Hall–Kier alpha value is -0.640. The van der Waals surface area contributed by atoms with Gasteiger partial charge < -0.3 is 4.84 Å². The first-order chi connectivity index (χ1) is 7.09. The summed E-state index contributed by atoms with van der Waals surface area (Å²) in [6.07, 6.45) is 0. The summed E-state index contributed by atoms with van der Waals surface area (Å²) < 4.78 is 13.3. The molecule has 1 N–H and O–H groups in total. The number of nitrogens with one attached hydrogen (secondary N) is 1. The lowest BCUT2D eigenvalue weighted by Crippen LogP contribution is -2.18. The number of hydrogen-bond acceptors (Lipinski definition) is 2. The Bertz CT molecular complexity index is 317. The molecule has 0 aliphatic carbocycles. The Morgan fingerprint density at radius 3 is 2.80 bits per heavy atom. The molecule has 0 bridgehead atoms. The zero-order valence-corrected chi connectivity index (χ0v) is 9.64. The molecular formula is C11H15ClFNO. The first kappa shape index (κ1) is 12.4. The quantitative estimate of drug-likeness (QED) is 0.621. The van der Waals surface area contributed by atoms with Crippen molar-refractivity contribution in [2.24, 2.45) is 5.92 Å². The molecule has 0 saturated heterocycles. The van der Waals surface area contributed by atoms with Crippen molar-refractivity contribution < 1.29 is 9.23 Å². The first-order valence-corrected chi connectivity index (χ1v) is 5.26. The topological polar surface area (TPSA) is 21.3 Å². The van der Waals surface area contributed by atoms with Gasteiger partial charge in [-0.25, -0.2) is 4.39 Å². The van der Waals surface area contributed by atoms with E-state index in [2.05, 4.69) is 5.48 Å². The van der Waals surface area contributed by atoms with E-state index in [9.17, 15) is 4.39 Å². The second-order valence-corrected chi connectivity index (χ2v) is 4.20. The number of hydroxylamine groups is 1. The van der Waals surface area contributed by atoms with Crippen molar-refractivity contribution in [3.05, 3.63) is 34.6 Å². The standard InChI is InChI=1S/C11H15ClFNO/c1-8(2)7-15-14-6-9-3-4-10(12)5-11(9)13/h3-5,8,14H,6-7H2,1-2H3. The molecule has 0 aliphatic rings. The highest BCUT2D eigenvalue weighted by Crippen LogP contribution is 2.14. The van der Waals surface area contributed by atoms with Crippen LogP contribution in [0.3, 0.4) is 0 Å². The van der Waals surface area contributed by atoms with Crippen molar-refractivity contribution >= 4 is 11.6 Å². The lowest BCUT2D eigenvalue weighted by atomic mass is 10.2. The SMILES string of the molecule is CC(C)CONCc1ccc(Cl)cc1F. The molecule has 0 aliphatic heterocycles. The van der Waals surface area contributed by atoms with Crippen LogP contribution < -0.4 is 5.48 Å². The van der Waals surface area contributed by atoms with Crippen molar-refractivity contribution in [2.45, 2.75) is 20.4 Å². The molecule has 0 aromatic heterocycles. The number of rotatable bonds is 5. The molecular weight excluding hydrogens is 217 g/mol. The lowest BCUT2D eigenvalue weighted by Gasteiger charge is -2.08. The minimum atomic E-state index is -0.317. The Morgan fingerprint density at radius 2 is 2.20 bits per heavy atom. The van der Waals surface area contributed by atoms with E-state index < -0.39 is 0 Å². The van der Waals surface area contributed by atoms with Crippen molar-refractivity contribution in [2.75, 3.05) is 6.61 Å². The summed E-state index contributed by atoms with van der Waals surface area (Å²) in [6, 6.07) is 4.59. The van der Waals surface area contributed by atoms with Crippen molar-refractivity contribution in [3.8, 4) is 0 Å². The largest absolute Gasteiger partial charge is 0.301 e. The summed E-state index contributed by atoms with van der Waals surface area (Å²) in [4.78, 5) is 5.13. The average molecular weight is 232 g/mol. The third kappa shape index (κ3) is 4.60. The highest BCUT2D eigenvalue weighted by molar-refractivity contribution is 6.30. The molecule has 84 valence electrons. The van der Waals surface area contributed by atoms with E-state index in [1.165, 1.54) is 6.07 Å². The molecule has 0 saturated carbocycles. The van der Waals surface area contributed by atoms with E-state index in [0.29, 0.717) is 29.7 Å². The fraction of sp³-hybridized carbons (Fsp3) is 0.455. The van der Waals surface area contributed by atoms with Crippen LogP contribution >= 0.6 is 11.6 Å². The molecule has 0 unspecified atom stereocenters. The van der Waals surface area contributed by atoms with Gasteiger partial charge >= 0.3 is 0 Å². The summed E-state index contributed by atoms with van der Waals surface area (Å²) in [5.74, 6) is 0.135. The van der Waals surface area contributed by atoms with E-state index >= 15 is 0 Å². The van der Waals surface area contributed by atoms with Crippen LogP contribution in [0.25, 0.3) is 0 Å². The number of halogens is 2. The molecule has 0 heterocycles. The smallest absolute Gasteiger partial charge is 0.129 e. The van der Waals surface area contributed by atoms with Crippen LogP contribution in [0.1, 0.15) is 19.4 Å². The van der Waals surface area contributed by atoms with E-state index in [0.717, 1.165) is 0 Å². The van der Waals surface area contributed by atoms with Gasteiger partial charge in [0.25, 0.3) is 0 Å². The Labute approximate surface area is 94.3 Å². The fourth-order valence-electron chi connectivity index (χ4n) is 1.02. The average Bonchev–Trinajstić information content (AvgIpc) is 2.14. The first-order valence-electron chi connectivity index (χ1n) is 4.88. The summed E-state index contributed by atoms with van der Waals surface area (Å²) in [7, 11) is 0. The molecule has 2 nitrogen and oxygen atoms in total. The van der Waals surface area contributed by atoms with Crippen LogP contribution in [0.2, 0.25) is 5.02 Å². The molecule has 0 amide bonds. The van der Waals surface area contributed by atoms with Crippen molar-refractivity contribution in [1.82, 2.24) is 5.48 Å². The molecule has 15 heavy (non-hydrogen) atoms. The second kappa shape index (κ2) is 6.05. The Balaban J connectivity index is 2.37. The normalized spacial score (nSPS) is 11.0. The van der Waals surface area contributed by atoms with Gasteiger partial charge in [-0.2, -0.15) is 5.48 Å². The zero-order valence-electron chi connectivity index (χ0n) is 8.89. The summed E-state index contributed by atoms with van der Waals surface area (Å²) in [5.41, 5.74) is 3.25. The maximum atomic E-state index is 13.3. The maximum absolute atomic E-state index is 13.3. The van der Waals surface area contributed by atoms with Crippen LogP contribution in [0.4, 0.5) is 4.39 Å². The summed E-state index contributed by atoms with van der Waals surface area (Å²) in [6.45, 7) is 5.04. The molecule has 1 aromatic rings. The van der Waals surface area contributed by atoms with E-state index in [-0.39, 0.29) is 5.82 Å². The second-order valence-electron chi connectivity index (χ2n) is 3.76. The maximum Gasteiger partial charge on any atom is 0.129 e. The van der Waals surface area contributed by atoms with Crippen LogP contribution in [0.5, 0.6) is 0 Å². The molecule has 0 fully saturated rings. The minimum Gasteiger partial charge on any atom is -0.301 e. The highest BCUT2D eigenvalue weighted by Gasteiger charge is 2.02. The third-order valence-corrected chi connectivity index (χ3v) is 2.03. The van der Waals surface area contributed by atoms with E-state index in [4.69, 9.17) is 16.4 Å². The van der Waals surface area contributed by atoms with Gasteiger partial charge in [-0.15, -0.1) is 0 Å². The van der Waals surface area contributed by atoms with E-state index in [1.807, 2.05) is 13.8 Å². The molecule has 1 aromatic carbocycles. The van der Waals surface area contributed by atoms with Gasteiger partial charge in [0.15, 0.2) is 0 Å². The van der Waals surface area contributed by atoms with Gasteiger partial charge in [-0.3, -0.25) is 0 Å². The minimum absolute atomic E-state index is 0.317. The van der Waals surface area contributed by atoms with Crippen LogP contribution in [-0.2, 0) is 11.4 Å². The van der Waals surface area contributed by atoms with E-state index in [1.54, 1.807) is 12.1 Å². The predicted molar refractivity (Wildman–Crippen MR) is 59.0 cm³/mol. The monoisotopic (exact) mass is 231 g/mol. The van der Waals surface area contributed by atoms with Gasteiger partial charge in [-0.05, 0) is 18.1 Å². The Kier molecular flexibility index (Phi) is 5.02. The van der Waals surface area contributed by atoms with Gasteiger partial charge in [0, 0.05) is 17.1 Å². The number of hydrogen-bond donors (Lipinski definition) is 1. The van der Waals surface area contributed by atoms with Gasteiger partial charge in [-0.1, -0.05) is 31.5 Å². The molecule has 4 heteroatoms. The van der Waals surface area contributed by atoms with Crippen molar-refractivity contribution in [1.29, 1.82) is 0 Å². The summed E-state index contributed by atoms with van der Waals surface area (Å²) in [5, 5.41) is 0.402. The zero-order chi connectivity index (χ0) is 11.3.